The molecule has 0 aliphatic heterocycles. The van der Waals surface area contributed by atoms with Gasteiger partial charge in [-0.25, -0.2) is 13.2 Å². The number of rotatable bonds is 12. The zero-order chi connectivity index (χ0) is 31.7. The molecule has 0 heterocycles. The third kappa shape index (κ3) is 8.10. The molecular weight excluding hydrogens is 584 g/mol. The summed E-state index contributed by atoms with van der Waals surface area (Å²) < 4.78 is 34.8. The van der Waals surface area contributed by atoms with Crippen molar-refractivity contribution in [2.24, 2.45) is 11.1 Å². The predicted molar refractivity (Wildman–Crippen MR) is 163 cm³/mol. The van der Waals surface area contributed by atoms with E-state index in [0.717, 1.165) is 17.4 Å². The SMILES string of the molecule is CS(=O)(=O)c1ccc(C[C@@H](NC(=O)OCc2ccccc2)[C@H](O)C(=O)C2(C(=O)OCc3ccccc3)CCCCC2N)cc1. The summed E-state index contributed by atoms with van der Waals surface area (Å²) in [6.45, 7) is -0.120. The molecule has 1 aliphatic carbocycles. The van der Waals surface area contributed by atoms with Gasteiger partial charge in [-0.05, 0) is 48.1 Å². The summed E-state index contributed by atoms with van der Waals surface area (Å²) in [5, 5.41) is 14.1. The van der Waals surface area contributed by atoms with E-state index in [1.54, 1.807) is 48.5 Å². The average Bonchev–Trinajstić information content (AvgIpc) is 3.03. The van der Waals surface area contributed by atoms with Crippen LogP contribution < -0.4 is 11.1 Å². The largest absolute Gasteiger partial charge is 0.460 e. The van der Waals surface area contributed by atoms with Crippen LogP contribution >= 0.6 is 0 Å². The van der Waals surface area contributed by atoms with Crippen LogP contribution in [0.2, 0.25) is 0 Å². The molecular formula is C33H38N2O8S. The van der Waals surface area contributed by atoms with Crippen molar-refractivity contribution in [3.8, 4) is 0 Å². The highest BCUT2D eigenvalue weighted by atomic mass is 32.2. The summed E-state index contributed by atoms with van der Waals surface area (Å²) >= 11 is 0. The summed E-state index contributed by atoms with van der Waals surface area (Å²) in [5.41, 5.74) is 6.62. The lowest BCUT2D eigenvalue weighted by molar-refractivity contribution is -0.169. The Labute approximate surface area is 257 Å². The highest BCUT2D eigenvalue weighted by Gasteiger charge is 2.55. The molecule has 3 aromatic carbocycles. The Hall–Kier alpha value is -4.06. The van der Waals surface area contributed by atoms with Crippen LogP contribution in [0.4, 0.5) is 4.79 Å². The van der Waals surface area contributed by atoms with E-state index < -0.39 is 51.3 Å². The normalized spacial score (nSPS) is 19.8. The monoisotopic (exact) mass is 622 g/mol. The fraction of sp³-hybridized carbons (Fsp3) is 0.364. The van der Waals surface area contributed by atoms with E-state index >= 15 is 0 Å². The van der Waals surface area contributed by atoms with E-state index in [1.165, 1.54) is 24.3 Å². The smallest absolute Gasteiger partial charge is 0.407 e. The first-order valence-electron chi connectivity index (χ1n) is 14.5. The number of ketones is 1. The quantitative estimate of drug-likeness (QED) is 0.203. The van der Waals surface area contributed by atoms with Crippen LogP contribution in [0.25, 0.3) is 0 Å². The van der Waals surface area contributed by atoms with Gasteiger partial charge in [-0.3, -0.25) is 9.59 Å². The topological polar surface area (TPSA) is 162 Å². The number of nitrogens with one attached hydrogen (secondary N) is 1. The van der Waals surface area contributed by atoms with Crippen LogP contribution in [0.5, 0.6) is 0 Å². The number of hydrogen-bond acceptors (Lipinski definition) is 9. The van der Waals surface area contributed by atoms with Crippen LogP contribution in [0.1, 0.15) is 42.4 Å². The first-order chi connectivity index (χ1) is 21.0. The van der Waals surface area contributed by atoms with Gasteiger partial charge in [0.1, 0.15) is 24.7 Å². The summed E-state index contributed by atoms with van der Waals surface area (Å²) in [7, 11) is -3.45. The lowest BCUT2D eigenvalue weighted by Gasteiger charge is -2.40. The highest BCUT2D eigenvalue weighted by molar-refractivity contribution is 7.90. The van der Waals surface area contributed by atoms with Gasteiger partial charge in [0.05, 0.1) is 10.9 Å². The van der Waals surface area contributed by atoms with Crippen molar-refractivity contribution in [2.75, 3.05) is 6.26 Å². The van der Waals surface area contributed by atoms with E-state index in [0.29, 0.717) is 24.8 Å². The van der Waals surface area contributed by atoms with E-state index in [4.69, 9.17) is 15.2 Å². The van der Waals surface area contributed by atoms with E-state index in [-0.39, 0.29) is 31.0 Å². The zero-order valence-corrected chi connectivity index (χ0v) is 25.4. The fourth-order valence-electron chi connectivity index (χ4n) is 5.44. The van der Waals surface area contributed by atoms with Crippen LogP contribution in [0.15, 0.2) is 89.8 Å². The number of aliphatic hydroxyl groups excluding tert-OH is 1. The second kappa shape index (κ2) is 14.6. The molecule has 3 aromatic rings. The van der Waals surface area contributed by atoms with Crippen molar-refractivity contribution < 1.29 is 37.4 Å². The van der Waals surface area contributed by atoms with Crippen molar-refractivity contribution in [1.82, 2.24) is 5.32 Å². The number of Topliss-reactive ketones (excluding diaryl/α,β-unsaturated/α-hetero) is 1. The maximum absolute atomic E-state index is 14.2. The average molecular weight is 623 g/mol. The van der Waals surface area contributed by atoms with Crippen molar-refractivity contribution in [3.05, 3.63) is 102 Å². The van der Waals surface area contributed by atoms with Gasteiger partial charge < -0.3 is 25.6 Å². The summed E-state index contributed by atoms with van der Waals surface area (Å²) in [4.78, 5) is 40.8. The Morgan fingerprint density at radius 2 is 1.45 bits per heavy atom. The molecule has 11 heteroatoms. The van der Waals surface area contributed by atoms with Gasteiger partial charge in [0, 0.05) is 12.3 Å². The maximum atomic E-state index is 14.2. The number of aliphatic hydroxyl groups is 1. The Morgan fingerprint density at radius 3 is 2.00 bits per heavy atom. The molecule has 0 aromatic heterocycles. The molecule has 44 heavy (non-hydrogen) atoms. The number of hydrogen-bond donors (Lipinski definition) is 3. The molecule has 4 rings (SSSR count). The number of carbonyl (C=O) groups is 3. The molecule has 0 radical (unpaired) electrons. The van der Waals surface area contributed by atoms with Crippen LogP contribution in [0, 0.1) is 5.41 Å². The van der Waals surface area contributed by atoms with Gasteiger partial charge in [-0.1, -0.05) is 85.6 Å². The van der Waals surface area contributed by atoms with Crippen LogP contribution in [-0.2, 0) is 48.5 Å². The van der Waals surface area contributed by atoms with Crippen molar-refractivity contribution in [3.63, 3.8) is 0 Å². The number of ether oxygens (including phenoxy) is 2. The molecule has 234 valence electrons. The van der Waals surface area contributed by atoms with Gasteiger partial charge in [0.15, 0.2) is 15.6 Å². The number of benzene rings is 3. The van der Waals surface area contributed by atoms with Gasteiger partial charge in [-0.2, -0.15) is 0 Å². The summed E-state index contributed by atoms with van der Waals surface area (Å²) in [6.07, 6.45) is -0.0258. The van der Waals surface area contributed by atoms with Gasteiger partial charge >= 0.3 is 12.1 Å². The molecule has 0 bridgehead atoms. The molecule has 0 saturated heterocycles. The fourth-order valence-corrected chi connectivity index (χ4v) is 6.07. The summed E-state index contributed by atoms with van der Waals surface area (Å²) in [6, 6.07) is 21.7. The number of alkyl carbamates (subject to hydrolysis) is 1. The number of amides is 1. The Kier molecular flexibility index (Phi) is 10.9. The molecule has 1 fully saturated rings. The molecule has 10 nitrogen and oxygen atoms in total. The van der Waals surface area contributed by atoms with E-state index in [1.807, 2.05) is 12.1 Å². The van der Waals surface area contributed by atoms with Gasteiger partial charge in [0.25, 0.3) is 0 Å². The van der Waals surface area contributed by atoms with Crippen LogP contribution in [0.3, 0.4) is 0 Å². The second-order valence-electron chi connectivity index (χ2n) is 11.1. The first-order valence-corrected chi connectivity index (χ1v) is 16.3. The molecule has 0 spiro atoms. The van der Waals surface area contributed by atoms with Gasteiger partial charge in [0.2, 0.25) is 0 Å². The second-order valence-corrected chi connectivity index (χ2v) is 13.1. The third-order valence-electron chi connectivity index (χ3n) is 7.96. The first kappa shape index (κ1) is 32.8. The van der Waals surface area contributed by atoms with Gasteiger partial charge in [-0.15, -0.1) is 0 Å². The van der Waals surface area contributed by atoms with Crippen molar-refractivity contribution in [2.45, 2.75) is 68.4 Å². The van der Waals surface area contributed by atoms with E-state index in [9.17, 15) is 27.9 Å². The molecule has 2 unspecified atom stereocenters. The molecule has 4 N–H and O–H groups in total. The Balaban J connectivity index is 1.59. The number of sulfone groups is 1. The highest BCUT2D eigenvalue weighted by Crippen LogP contribution is 2.39. The standard InChI is InChI=1S/C33H38N2O8S/c1-44(40,41)26-17-15-23(16-18-26)20-27(35-32(39)43-22-25-12-6-3-7-13-25)29(36)30(37)33(19-9-8-14-28(33)34)31(38)42-21-24-10-4-2-5-11-24/h2-7,10-13,15-18,27-29,36H,8-9,14,19-22,34H2,1H3,(H,35,39)/t27-,28?,29+,33?/m1/s1. The lowest BCUT2D eigenvalue weighted by Crippen LogP contribution is -2.61. The molecule has 1 amide bonds. The number of esters is 1. The lowest BCUT2D eigenvalue weighted by atomic mass is 9.65. The summed E-state index contributed by atoms with van der Waals surface area (Å²) in [5.74, 6) is -1.66. The number of carbonyl (C=O) groups excluding carboxylic acids is 3. The molecule has 4 atom stereocenters. The zero-order valence-electron chi connectivity index (χ0n) is 24.6. The number of nitrogens with two attached hydrogens (primary N) is 1. The third-order valence-corrected chi connectivity index (χ3v) is 9.09. The molecule has 1 saturated carbocycles. The van der Waals surface area contributed by atoms with Crippen LogP contribution in [-0.4, -0.2) is 55.8 Å². The molecule has 1 aliphatic rings. The maximum Gasteiger partial charge on any atom is 0.407 e. The van der Waals surface area contributed by atoms with Crippen molar-refractivity contribution in [1.29, 1.82) is 0 Å². The minimum absolute atomic E-state index is 0.0485. The van der Waals surface area contributed by atoms with Crippen molar-refractivity contribution >= 4 is 27.7 Å². The van der Waals surface area contributed by atoms with E-state index in [2.05, 4.69) is 5.32 Å². The minimum atomic E-state index is -3.45. The predicted octanol–water partition coefficient (Wildman–Crippen LogP) is 3.49. The Bertz CT molecular complexity index is 1530. The minimum Gasteiger partial charge on any atom is -0.460 e. The Morgan fingerprint density at radius 1 is 0.886 bits per heavy atom.